The Balaban J connectivity index is 1.38. The second-order valence-corrected chi connectivity index (χ2v) is 7.35. The van der Waals surface area contributed by atoms with E-state index in [1.807, 2.05) is 0 Å². The van der Waals surface area contributed by atoms with Crippen LogP contribution in [-0.4, -0.2) is 25.0 Å². The van der Waals surface area contributed by atoms with Crippen LogP contribution in [-0.2, 0) is 0 Å². The minimum Gasteiger partial charge on any atom is -0.493 e. The van der Waals surface area contributed by atoms with E-state index in [1.165, 1.54) is 19.1 Å². The summed E-state index contributed by atoms with van der Waals surface area (Å²) in [6.45, 7) is 0. The Morgan fingerprint density at radius 3 is 2.19 bits per heavy atom. The van der Waals surface area contributed by atoms with Crippen molar-refractivity contribution in [3.8, 4) is 11.5 Å². The average Bonchev–Trinajstić information content (AvgIpc) is 3.50. The maximum Gasteiger partial charge on any atom is 0.291 e. The highest BCUT2D eigenvalue weighted by molar-refractivity contribution is 6.05. The van der Waals surface area contributed by atoms with Gasteiger partial charge in [-0.25, -0.2) is 0 Å². The number of hydrogen-bond acceptors (Lipinski definition) is 5. The van der Waals surface area contributed by atoms with Crippen LogP contribution in [0.1, 0.15) is 46.6 Å². The zero-order valence-electron chi connectivity index (χ0n) is 17.2. The van der Waals surface area contributed by atoms with Crippen molar-refractivity contribution < 1.29 is 23.5 Å². The number of nitrogens with one attached hydrogen (secondary N) is 2. The van der Waals surface area contributed by atoms with Gasteiger partial charge in [-0.3, -0.25) is 9.59 Å². The molecule has 4 rings (SSSR count). The lowest BCUT2D eigenvalue weighted by Crippen LogP contribution is -2.14. The van der Waals surface area contributed by atoms with Gasteiger partial charge in [0.2, 0.25) is 0 Å². The Morgan fingerprint density at radius 2 is 1.58 bits per heavy atom. The number of carbonyl (C=O) groups excluding carboxylic acids is 2. The first-order valence-electron chi connectivity index (χ1n) is 10.2. The summed E-state index contributed by atoms with van der Waals surface area (Å²) >= 11 is 0. The van der Waals surface area contributed by atoms with Crippen molar-refractivity contribution in [1.29, 1.82) is 0 Å². The van der Waals surface area contributed by atoms with Gasteiger partial charge in [0.1, 0.15) is 0 Å². The SMILES string of the molecule is COc1cc(C(=O)Nc2ccc(NC(=O)c3ccco3)cc2)ccc1OC1CCCC1. The fourth-order valence-corrected chi connectivity index (χ4v) is 3.53. The number of hydrogen-bond donors (Lipinski definition) is 2. The molecule has 1 heterocycles. The van der Waals surface area contributed by atoms with Crippen molar-refractivity contribution in [2.45, 2.75) is 31.8 Å². The van der Waals surface area contributed by atoms with Gasteiger partial charge in [-0.2, -0.15) is 0 Å². The van der Waals surface area contributed by atoms with Gasteiger partial charge in [0.05, 0.1) is 19.5 Å². The van der Waals surface area contributed by atoms with Crippen LogP contribution in [0.5, 0.6) is 11.5 Å². The Labute approximate surface area is 180 Å². The van der Waals surface area contributed by atoms with Crippen molar-refractivity contribution in [2.24, 2.45) is 0 Å². The molecule has 0 atom stereocenters. The summed E-state index contributed by atoms with van der Waals surface area (Å²) in [5.41, 5.74) is 1.66. The monoisotopic (exact) mass is 420 g/mol. The minimum atomic E-state index is -0.339. The molecule has 1 saturated carbocycles. The van der Waals surface area contributed by atoms with Crippen molar-refractivity contribution in [3.63, 3.8) is 0 Å². The molecule has 31 heavy (non-hydrogen) atoms. The first kappa shape index (κ1) is 20.5. The van der Waals surface area contributed by atoms with Gasteiger partial charge in [0.25, 0.3) is 11.8 Å². The quantitative estimate of drug-likeness (QED) is 0.554. The van der Waals surface area contributed by atoms with Crippen LogP contribution in [0.2, 0.25) is 0 Å². The zero-order chi connectivity index (χ0) is 21.6. The summed E-state index contributed by atoms with van der Waals surface area (Å²) < 4.78 is 16.5. The summed E-state index contributed by atoms with van der Waals surface area (Å²) in [6.07, 6.45) is 6.10. The second-order valence-electron chi connectivity index (χ2n) is 7.35. The predicted molar refractivity (Wildman–Crippen MR) is 117 cm³/mol. The molecule has 7 nitrogen and oxygen atoms in total. The van der Waals surface area contributed by atoms with Crippen LogP contribution in [0.25, 0.3) is 0 Å². The second kappa shape index (κ2) is 9.38. The first-order chi connectivity index (χ1) is 15.1. The third kappa shape index (κ3) is 5.06. The number of ether oxygens (including phenoxy) is 2. The van der Waals surface area contributed by atoms with Gasteiger partial charge in [0.15, 0.2) is 17.3 Å². The van der Waals surface area contributed by atoms with Crippen molar-refractivity contribution in [3.05, 3.63) is 72.2 Å². The summed E-state index contributed by atoms with van der Waals surface area (Å²) in [5, 5.41) is 5.58. The number of anilines is 2. The van der Waals surface area contributed by atoms with E-state index >= 15 is 0 Å². The Bertz CT molecular complexity index is 1040. The minimum absolute atomic E-state index is 0.209. The van der Waals surface area contributed by atoms with E-state index in [0.29, 0.717) is 28.4 Å². The fourth-order valence-electron chi connectivity index (χ4n) is 3.53. The number of amides is 2. The molecule has 160 valence electrons. The van der Waals surface area contributed by atoms with E-state index in [4.69, 9.17) is 13.9 Å². The van der Waals surface area contributed by atoms with Gasteiger partial charge < -0.3 is 24.5 Å². The zero-order valence-corrected chi connectivity index (χ0v) is 17.2. The molecule has 0 radical (unpaired) electrons. The van der Waals surface area contributed by atoms with E-state index in [-0.39, 0.29) is 23.7 Å². The number of furan rings is 1. The largest absolute Gasteiger partial charge is 0.493 e. The van der Waals surface area contributed by atoms with Crippen LogP contribution < -0.4 is 20.1 Å². The number of rotatable bonds is 7. The van der Waals surface area contributed by atoms with E-state index in [1.54, 1.807) is 61.7 Å². The molecule has 7 heteroatoms. The molecule has 1 fully saturated rings. The topological polar surface area (TPSA) is 89.8 Å². The van der Waals surface area contributed by atoms with Gasteiger partial charge in [-0.1, -0.05) is 0 Å². The Morgan fingerprint density at radius 1 is 0.903 bits per heavy atom. The molecule has 2 aromatic carbocycles. The highest BCUT2D eigenvalue weighted by Crippen LogP contribution is 2.32. The summed E-state index contributed by atoms with van der Waals surface area (Å²) in [4.78, 5) is 24.7. The molecule has 1 aliphatic carbocycles. The van der Waals surface area contributed by atoms with Crippen LogP contribution in [0.15, 0.2) is 65.3 Å². The van der Waals surface area contributed by atoms with Gasteiger partial charge >= 0.3 is 0 Å². The lowest BCUT2D eigenvalue weighted by Gasteiger charge is -2.16. The molecule has 3 aromatic rings. The van der Waals surface area contributed by atoms with Gasteiger partial charge in [-0.15, -0.1) is 0 Å². The number of benzene rings is 2. The van der Waals surface area contributed by atoms with Crippen LogP contribution in [0.3, 0.4) is 0 Å². The molecule has 1 aliphatic rings. The van der Waals surface area contributed by atoms with E-state index in [0.717, 1.165) is 12.8 Å². The third-order valence-corrected chi connectivity index (χ3v) is 5.17. The van der Waals surface area contributed by atoms with Crippen molar-refractivity contribution >= 4 is 23.2 Å². The van der Waals surface area contributed by atoms with Gasteiger partial charge in [-0.05, 0) is 80.3 Å². The van der Waals surface area contributed by atoms with Crippen molar-refractivity contribution in [2.75, 3.05) is 17.7 Å². The lowest BCUT2D eigenvalue weighted by atomic mass is 10.1. The maximum atomic E-state index is 12.7. The first-order valence-corrected chi connectivity index (χ1v) is 10.2. The normalized spacial score (nSPS) is 13.6. The van der Waals surface area contributed by atoms with Crippen LogP contribution in [0, 0.1) is 0 Å². The molecular weight excluding hydrogens is 396 g/mol. The molecule has 0 aliphatic heterocycles. The fraction of sp³-hybridized carbons (Fsp3) is 0.250. The van der Waals surface area contributed by atoms with E-state index in [2.05, 4.69) is 10.6 Å². The van der Waals surface area contributed by atoms with Gasteiger partial charge in [0, 0.05) is 16.9 Å². The lowest BCUT2D eigenvalue weighted by molar-refractivity contribution is 0.0994. The molecule has 1 aromatic heterocycles. The molecule has 0 bridgehead atoms. The Kier molecular flexibility index (Phi) is 6.21. The maximum absolute atomic E-state index is 12.7. The van der Waals surface area contributed by atoms with Crippen molar-refractivity contribution in [1.82, 2.24) is 0 Å². The molecular formula is C24H24N2O5. The van der Waals surface area contributed by atoms with E-state index < -0.39 is 0 Å². The Hall–Kier alpha value is -3.74. The molecule has 0 spiro atoms. The highest BCUT2D eigenvalue weighted by Gasteiger charge is 2.19. The molecule has 2 amide bonds. The van der Waals surface area contributed by atoms with E-state index in [9.17, 15) is 9.59 Å². The molecule has 0 saturated heterocycles. The number of carbonyl (C=O) groups is 2. The predicted octanol–water partition coefficient (Wildman–Crippen LogP) is 5.11. The summed E-state index contributed by atoms with van der Waals surface area (Å²) in [7, 11) is 1.56. The standard InChI is InChI=1S/C24H24N2O5/c1-29-22-15-16(8-13-20(22)31-19-5-2-3-6-19)23(27)25-17-9-11-18(12-10-17)26-24(28)21-7-4-14-30-21/h4,7-15,19H,2-3,5-6H2,1H3,(H,25,27)(H,26,28). The smallest absolute Gasteiger partial charge is 0.291 e. The molecule has 2 N–H and O–H groups in total. The number of methoxy groups -OCH3 is 1. The average molecular weight is 420 g/mol. The van der Waals surface area contributed by atoms with Crippen LogP contribution in [0.4, 0.5) is 11.4 Å². The third-order valence-electron chi connectivity index (χ3n) is 5.17. The summed E-state index contributed by atoms with van der Waals surface area (Å²) in [5.74, 6) is 0.816. The van der Waals surface area contributed by atoms with Crippen LogP contribution >= 0.6 is 0 Å². The molecule has 0 unspecified atom stereocenters. The highest BCUT2D eigenvalue weighted by atomic mass is 16.5. The summed E-state index contributed by atoms with van der Waals surface area (Å²) in [6, 6.07) is 15.2.